The summed E-state index contributed by atoms with van der Waals surface area (Å²) in [5.74, 6) is 0.306. The second kappa shape index (κ2) is 8.22. The van der Waals surface area contributed by atoms with E-state index in [0.717, 1.165) is 45.1 Å². The average molecular weight is 290 g/mol. The Morgan fingerprint density at radius 3 is 2.63 bits per heavy atom. The first kappa shape index (κ1) is 16.9. The SMILES string of the molecule is CCCCS(=O)(=O)N1CCCCC1C(C)NCCC. The Labute approximate surface area is 119 Å². The van der Waals surface area contributed by atoms with Gasteiger partial charge in [-0.1, -0.05) is 26.7 Å². The molecule has 0 aromatic carbocycles. The number of nitrogens with one attached hydrogen (secondary N) is 1. The average Bonchev–Trinajstić information content (AvgIpc) is 2.42. The normalized spacial score (nSPS) is 23.4. The highest BCUT2D eigenvalue weighted by Gasteiger charge is 2.34. The van der Waals surface area contributed by atoms with Crippen molar-refractivity contribution in [2.24, 2.45) is 0 Å². The van der Waals surface area contributed by atoms with Gasteiger partial charge in [-0.05, 0) is 39.2 Å². The van der Waals surface area contributed by atoms with Crippen LogP contribution >= 0.6 is 0 Å². The second-order valence-electron chi connectivity index (χ2n) is 5.59. The predicted octanol–water partition coefficient (Wildman–Crippen LogP) is 2.36. The molecule has 0 aliphatic carbocycles. The molecule has 4 nitrogen and oxygen atoms in total. The van der Waals surface area contributed by atoms with Crippen LogP contribution < -0.4 is 5.32 Å². The third kappa shape index (κ3) is 5.04. The van der Waals surface area contributed by atoms with Gasteiger partial charge in [-0.3, -0.25) is 0 Å². The van der Waals surface area contributed by atoms with E-state index in [1.165, 1.54) is 0 Å². The summed E-state index contributed by atoms with van der Waals surface area (Å²) in [4.78, 5) is 0. The van der Waals surface area contributed by atoms with E-state index in [2.05, 4.69) is 19.2 Å². The van der Waals surface area contributed by atoms with Crippen LogP contribution in [0.1, 0.15) is 59.3 Å². The second-order valence-corrected chi connectivity index (χ2v) is 7.63. The van der Waals surface area contributed by atoms with Gasteiger partial charge in [-0.2, -0.15) is 4.31 Å². The summed E-state index contributed by atoms with van der Waals surface area (Å²) in [7, 11) is -3.07. The molecule has 1 saturated heterocycles. The van der Waals surface area contributed by atoms with E-state index < -0.39 is 10.0 Å². The Morgan fingerprint density at radius 1 is 1.26 bits per heavy atom. The molecule has 1 N–H and O–H groups in total. The molecule has 0 aromatic rings. The topological polar surface area (TPSA) is 49.4 Å². The maximum atomic E-state index is 12.4. The first-order valence-corrected chi connectivity index (χ1v) is 9.36. The third-order valence-corrected chi connectivity index (χ3v) is 5.88. The van der Waals surface area contributed by atoms with Crippen LogP contribution in [0.2, 0.25) is 0 Å². The molecule has 0 radical (unpaired) electrons. The van der Waals surface area contributed by atoms with Gasteiger partial charge in [0.25, 0.3) is 0 Å². The van der Waals surface area contributed by atoms with Crippen molar-refractivity contribution in [3.05, 3.63) is 0 Å². The first-order valence-electron chi connectivity index (χ1n) is 7.75. The molecule has 1 rings (SSSR count). The van der Waals surface area contributed by atoms with Crippen molar-refractivity contribution in [3.63, 3.8) is 0 Å². The number of hydrogen-bond donors (Lipinski definition) is 1. The summed E-state index contributed by atoms with van der Waals surface area (Å²) < 4.78 is 26.6. The van der Waals surface area contributed by atoms with Crippen molar-refractivity contribution in [2.45, 2.75) is 71.4 Å². The standard InChI is InChI=1S/C14H30N2O2S/c1-4-6-12-19(17,18)16-11-8-7-9-14(16)13(3)15-10-5-2/h13-15H,4-12H2,1-3H3. The lowest BCUT2D eigenvalue weighted by atomic mass is 9.99. The molecule has 2 unspecified atom stereocenters. The predicted molar refractivity (Wildman–Crippen MR) is 80.8 cm³/mol. The summed E-state index contributed by atoms with van der Waals surface area (Å²) in [6.45, 7) is 7.95. The van der Waals surface area contributed by atoms with Crippen LogP contribution in [-0.4, -0.2) is 43.6 Å². The van der Waals surface area contributed by atoms with Crippen LogP contribution in [0.15, 0.2) is 0 Å². The van der Waals surface area contributed by atoms with E-state index in [9.17, 15) is 8.42 Å². The fraction of sp³-hybridized carbons (Fsp3) is 1.00. The Kier molecular flexibility index (Phi) is 7.32. The van der Waals surface area contributed by atoms with Gasteiger partial charge in [0.15, 0.2) is 0 Å². The van der Waals surface area contributed by atoms with Crippen molar-refractivity contribution in [1.29, 1.82) is 0 Å². The lowest BCUT2D eigenvalue weighted by molar-refractivity contribution is 0.208. The van der Waals surface area contributed by atoms with Crippen molar-refractivity contribution in [2.75, 3.05) is 18.8 Å². The molecule has 1 aliphatic rings. The van der Waals surface area contributed by atoms with Crippen molar-refractivity contribution >= 4 is 10.0 Å². The Bertz CT molecular complexity index is 343. The molecule has 0 bridgehead atoms. The molecular formula is C14H30N2O2S. The number of piperidine rings is 1. The number of rotatable bonds is 8. The molecule has 0 amide bonds. The van der Waals surface area contributed by atoms with E-state index in [0.29, 0.717) is 12.3 Å². The maximum Gasteiger partial charge on any atom is 0.214 e. The van der Waals surface area contributed by atoms with E-state index in [4.69, 9.17) is 0 Å². The fourth-order valence-electron chi connectivity index (χ4n) is 2.73. The zero-order valence-electron chi connectivity index (χ0n) is 12.7. The van der Waals surface area contributed by atoms with E-state index in [-0.39, 0.29) is 12.1 Å². The van der Waals surface area contributed by atoms with Crippen molar-refractivity contribution < 1.29 is 8.42 Å². The molecule has 114 valence electrons. The lowest BCUT2D eigenvalue weighted by Crippen LogP contribution is -2.53. The molecule has 1 heterocycles. The number of unbranched alkanes of at least 4 members (excludes halogenated alkanes) is 1. The number of nitrogens with zero attached hydrogens (tertiary/aromatic N) is 1. The summed E-state index contributed by atoms with van der Waals surface area (Å²) in [6, 6.07) is 0.388. The Morgan fingerprint density at radius 2 is 2.00 bits per heavy atom. The molecule has 0 saturated carbocycles. The van der Waals surface area contributed by atoms with Crippen molar-refractivity contribution in [1.82, 2.24) is 9.62 Å². The monoisotopic (exact) mass is 290 g/mol. The highest BCUT2D eigenvalue weighted by Crippen LogP contribution is 2.23. The van der Waals surface area contributed by atoms with Crippen molar-refractivity contribution in [3.8, 4) is 0 Å². The number of sulfonamides is 1. The van der Waals surface area contributed by atoms with Crippen LogP contribution in [0.25, 0.3) is 0 Å². The molecular weight excluding hydrogens is 260 g/mol. The van der Waals surface area contributed by atoms with Crippen LogP contribution in [0, 0.1) is 0 Å². The number of hydrogen-bond acceptors (Lipinski definition) is 3. The minimum Gasteiger partial charge on any atom is -0.313 e. The van der Waals surface area contributed by atoms with E-state index >= 15 is 0 Å². The van der Waals surface area contributed by atoms with Gasteiger partial charge in [0.2, 0.25) is 10.0 Å². The molecule has 2 atom stereocenters. The molecule has 1 aliphatic heterocycles. The first-order chi connectivity index (χ1) is 9.03. The zero-order chi connectivity index (χ0) is 14.3. The van der Waals surface area contributed by atoms with Crippen LogP contribution in [0.5, 0.6) is 0 Å². The lowest BCUT2D eigenvalue weighted by Gasteiger charge is -2.38. The van der Waals surface area contributed by atoms with Gasteiger partial charge >= 0.3 is 0 Å². The largest absolute Gasteiger partial charge is 0.313 e. The summed E-state index contributed by atoms with van der Waals surface area (Å²) in [6.07, 6.45) is 5.91. The van der Waals surface area contributed by atoms with Crippen LogP contribution in [-0.2, 0) is 10.0 Å². The molecule has 0 spiro atoms. The molecule has 1 fully saturated rings. The summed E-state index contributed by atoms with van der Waals surface area (Å²) >= 11 is 0. The summed E-state index contributed by atoms with van der Waals surface area (Å²) in [5.41, 5.74) is 0. The minimum absolute atomic E-state index is 0.141. The highest BCUT2D eigenvalue weighted by molar-refractivity contribution is 7.89. The van der Waals surface area contributed by atoms with Gasteiger partial charge in [-0.15, -0.1) is 0 Å². The Hall–Kier alpha value is -0.130. The highest BCUT2D eigenvalue weighted by atomic mass is 32.2. The minimum atomic E-state index is -3.07. The quantitative estimate of drug-likeness (QED) is 0.746. The van der Waals surface area contributed by atoms with Crippen LogP contribution in [0.3, 0.4) is 0 Å². The molecule has 19 heavy (non-hydrogen) atoms. The zero-order valence-corrected chi connectivity index (χ0v) is 13.5. The van der Waals surface area contributed by atoms with Gasteiger partial charge in [0, 0.05) is 18.6 Å². The fourth-order valence-corrected chi connectivity index (χ4v) is 4.72. The Balaban J connectivity index is 2.71. The van der Waals surface area contributed by atoms with E-state index in [1.54, 1.807) is 4.31 Å². The van der Waals surface area contributed by atoms with Crippen LogP contribution in [0.4, 0.5) is 0 Å². The molecule has 5 heteroatoms. The van der Waals surface area contributed by atoms with Gasteiger partial charge in [0.05, 0.1) is 5.75 Å². The van der Waals surface area contributed by atoms with Gasteiger partial charge in [0.1, 0.15) is 0 Å². The molecule has 0 aromatic heterocycles. The van der Waals surface area contributed by atoms with Gasteiger partial charge in [-0.25, -0.2) is 8.42 Å². The smallest absolute Gasteiger partial charge is 0.214 e. The maximum absolute atomic E-state index is 12.4. The third-order valence-electron chi connectivity index (χ3n) is 3.90. The van der Waals surface area contributed by atoms with E-state index in [1.807, 2.05) is 6.92 Å². The van der Waals surface area contributed by atoms with Gasteiger partial charge < -0.3 is 5.32 Å². The summed E-state index contributed by atoms with van der Waals surface area (Å²) in [5, 5.41) is 3.45.